The Morgan fingerprint density at radius 1 is 1.50 bits per heavy atom. The van der Waals surface area contributed by atoms with Crippen LogP contribution in [-0.2, 0) is 13.5 Å². The molecular formula is C10H18ClN3. The zero-order valence-electron chi connectivity index (χ0n) is 9.21. The van der Waals surface area contributed by atoms with Crippen LogP contribution in [0.25, 0.3) is 0 Å². The third kappa shape index (κ3) is 2.28. The van der Waals surface area contributed by atoms with Gasteiger partial charge < -0.3 is 5.73 Å². The fourth-order valence-electron chi connectivity index (χ4n) is 1.39. The van der Waals surface area contributed by atoms with E-state index in [1.807, 2.05) is 25.6 Å². The van der Waals surface area contributed by atoms with Crippen molar-refractivity contribution in [2.75, 3.05) is 0 Å². The van der Waals surface area contributed by atoms with E-state index in [2.05, 4.69) is 12.0 Å². The molecule has 0 aliphatic heterocycles. The summed E-state index contributed by atoms with van der Waals surface area (Å²) in [6, 6.07) is 0.182. The monoisotopic (exact) mass is 215 g/mol. The van der Waals surface area contributed by atoms with Crippen molar-refractivity contribution in [2.45, 2.75) is 33.2 Å². The largest absolute Gasteiger partial charge is 0.328 e. The van der Waals surface area contributed by atoms with Gasteiger partial charge in [-0.3, -0.25) is 4.68 Å². The van der Waals surface area contributed by atoms with Gasteiger partial charge in [0.25, 0.3) is 0 Å². The normalized spacial score (nSPS) is 15.6. The second kappa shape index (κ2) is 4.32. The van der Waals surface area contributed by atoms with Crippen LogP contribution in [0.3, 0.4) is 0 Å². The van der Waals surface area contributed by atoms with Crippen LogP contribution in [0.5, 0.6) is 0 Å². The lowest BCUT2D eigenvalue weighted by atomic mass is 9.98. The van der Waals surface area contributed by atoms with E-state index in [-0.39, 0.29) is 6.04 Å². The predicted molar refractivity (Wildman–Crippen MR) is 59.5 cm³/mol. The first-order chi connectivity index (χ1) is 6.43. The minimum absolute atomic E-state index is 0.182. The molecular weight excluding hydrogens is 198 g/mol. The standard InChI is InChI=1S/C10H18ClN3/c1-6(7(2)12)5-9-10(11)8(3)13-14(9)4/h6-7H,5,12H2,1-4H3. The number of hydrogen-bond donors (Lipinski definition) is 1. The maximum atomic E-state index is 6.14. The van der Waals surface area contributed by atoms with Crippen LogP contribution >= 0.6 is 11.6 Å². The third-order valence-corrected chi connectivity index (χ3v) is 3.17. The average Bonchev–Trinajstić information content (AvgIpc) is 2.32. The summed E-state index contributed by atoms with van der Waals surface area (Å²) < 4.78 is 1.84. The lowest BCUT2D eigenvalue weighted by Crippen LogP contribution is -2.26. The lowest BCUT2D eigenvalue weighted by Gasteiger charge is -2.15. The molecule has 0 aromatic carbocycles. The summed E-state index contributed by atoms with van der Waals surface area (Å²) in [5.74, 6) is 0.419. The first-order valence-corrected chi connectivity index (χ1v) is 5.24. The van der Waals surface area contributed by atoms with Gasteiger partial charge in [-0.15, -0.1) is 0 Å². The average molecular weight is 216 g/mol. The van der Waals surface area contributed by atoms with Gasteiger partial charge in [-0.2, -0.15) is 5.10 Å². The second-order valence-corrected chi connectivity index (χ2v) is 4.39. The number of nitrogens with zero attached hydrogens (tertiary/aromatic N) is 2. The first kappa shape index (κ1) is 11.5. The van der Waals surface area contributed by atoms with Gasteiger partial charge in [0.15, 0.2) is 0 Å². The van der Waals surface area contributed by atoms with Crippen LogP contribution < -0.4 is 5.73 Å². The highest BCUT2D eigenvalue weighted by molar-refractivity contribution is 6.31. The van der Waals surface area contributed by atoms with Gasteiger partial charge in [0.1, 0.15) is 0 Å². The molecule has 0 saturated heterocycles. The van der Waals surface area contributed by atoms with Crippen molar-refractivity contribution in [3.63, 3.8) is 0 Å². The van der Waals surface area contributed by atoms with E-state index in [1.165, 1.54) is 0 Å². The zero-order chi connectivity index (χ0) is 10.9. The Balaban J connectivity index is 2.86. The van der Waals surface area contributed by atoms with E-state index in [0.29, 0.717) is 5.92 Å². The Labute approximate surface area is 90.2 Å². The summed E-state index contributed by atoms with van der Waals surface area (Å²) in [5, 5.41) is 5.04. The van der Waals surface area contributed by atoms with E-state index < -0.39 is 0 Å². The van der Waals surface area contributed by atoms with Gasteiger partial charge in [0, 0.05) is 13.1 Å². The van der Waals surface area contributed by atoms with Crippen LogP contribution in [0, 0.1) is 12.8 Å². The third-order valence-electron chi connectivity index (χ3n) is 2.67. The van der Waals surface area contributed by atoms with Crippen molar-refractivity contribution in [3.05, 3.63) is 16.4 Å². The molecule has 2 unspecified atom stereocenters. The van der Waals surface area contributed by atoms with Crippen LogP contribution in [-0.4, -0.2) is 15.8 Å². The van der Waals surface area contributed by atoms with Crippen molar-refractivity contribution in [3.8, 4) is 0 Å². The van der Waals surface area contributed by atoms with E-state index >= 15 is 0 Å². The molecule has 3 nitrogen and oxygen atoms in total. The molecule has 1 heterocycles. The van der Waals surface area contributed by atoms with Gasteiger partial charge >= 0.3 is 0 Å². The number of hydrogen-bond acceptors (Lipinski definition) is 2. The molecule has 1 aromatic heterocycles. The fourth-order valence-corrected chi connectivity index (χ4v) is 1.63. The number of halogens is 1. The molecule has 2 N–H and O–H groups in total. The summed E-state index contributed by atoms with van der Waals surface area (Å²) in [7, 11) is 1.92. The lowest BCUT2D eigenvalue weighted by molar-refractivity contribution is 0.467. The summed E-state index contributed by atoms with van der Waals surface area (Å²) >= 11 is 6.14. The van der Waals surface area contributed by atoms with E-state index in [1.54, 1.807) is 0 Å². The van der Waals surface area contributed by atoms with E-state index in [9.17, 15) is 0 Å². The Morgan fingerprint density at radius 2 is 2.07 bits per heavy atom. The highest BCUT2D eigenvalue weighted by atomic mass is 35.5. The molecule has 2 atom stereocenters. The molecule has 0 amide bonds. The molecule has 14 heavy (non-hydrogen) atoms. The first-order valence-electron chi connectivity index (χ1n) is 4.87. The summed E-state index contributed by atoms with van der Waals surface area (Å²) in [6.45, 7) is 6.06. The van der Waals surface area contributed by atoms with Gasteiger partial charge in [-0.25, -0.2) is 0 Å². The van der Waals surface area contributed by atoms with Crippen molar-refractivity contribution >= 4 is 11.6 Å². The minimum Gasteiger partial charge on any atom is -0.328 e. The summed E-state index contributed by atoms with van der Waals surface area (Å²) in [5.41, 5.74) is 7.79. The molecule has 0 bridgehead atoms. The van der Waals surface area contributed by atoms with Gasteiger partial charge in [0.2, 0.25) is 0 Å². The molecule has 0 fully saturated rings. The zero-order valence-corrected chi connectivity index (χ0v) is 9.97. The Hall–Kier alpha value is -0.540. The summed E-state index contributed by atoms with van der Waals surface area (Å²) in [6.07, 6.45) is 0.883. The Kier molecular flexibility index (Phi) is 3.56. The van der Waals surface area contributed by atoms with E-state index in [4.69, 9.17) is 17.3 Å². The predicted octanol–water partition coefficient (Wildman–Crippen LogP) is 1.91. The van der Waals surface area contributed by atoms with Crippen LogP contribution in [0.15, 0.2) is 0 Å². The highest BCUT2D eigenvalue weighted by Crippen LogP contribution is 2.22. The molecule has 0 saturated carbocycles. The van der Waals surface area contributed by atoms with Crippen LogP contribution in [0.2, 0.25) is 5.02 Å². The minimum atomic E-state index is 0.182. The molecule has 1 rings (SSSR count). The summed E-state index contributed by atoms with van der Waals surface area (Å²) in [4.78, 5) is 0. The van der Waals surface area contributed by atoms with Crippen molar-refractivity contribution < 1.29 is 0 Å². The number of nitrogens with two attached hydrogens (primary N) is 1. The quantitative estimate of drug-likeness (QED) is 0.837. The van der Waals surface area contributed by atoms with Gasteiger partial charge in [0.05, 0.1) is 16.4 Å². The number of aromatic nitrogens is 2. The maximum Gasteiger partial charge on any atom is 0.0847 e. The Bertz CT molecular complexity index is 317. The van der Waals surface area contributed by atoms with Gasteiger partial charge in [-0.05, 0) is 26.2 Å². The SMILES string of the molecule is Cc1nn(C)c(CC(C)C(C)N)c1Cl. The topological polar surface area (TPSA) is 43.8 Å². The second-order valence-electron chi connectivity index (χ2n) is 4.01. The van der Waals surface area contributed by atoms with Crippen LogP contribution in [0.1, 0.15) is 25.2 Å². The molecule has 1 aromatic rings. The number of aryl methyl sites for hydroxylation is 2. The molecule has 4 heteroatoms. The molecule has 0 radical (unpaired) electrons. The molecule has 0 aliphatic carbocycles. The molecule has 0 spiro atoms. The van der Waals surface area contributed by atoms with Crippen molar-refractivity contribution in [1.82, 2.24) is 9.78 Å². The number of rotatable bonds is 3. The fraction of sp³-hybridized carbons (Fsp3) is 0.700. The van der Waals surface area contributed by atoms with Gasteiger partial charge in [-0.1, -0.05) is 18.5 Å². The maximum absolute atomic E-state index is 6.14. The smallest absolute Gasteiger partial charge is 0.0847 e. The Morgan fingerprint density at radius 3 is 2.43 bits per heavy atom. The van der Waals surface area contributed by atoms with Crippen molar-refractivity contribution in [2.24, 2.45) is 18.7 Å². The molecule has 80 valence electrons. The van der Waals surface area contributed by atoms with Crippen LogP contribution in [0.4, 0.5) is 0 Å². The van der Waals surface area contributed by atoms with E-state index in [0.717, 1.165) is 22.8 Å². The van der Waals surface area contributed by atoms with Crippen molar-refractivity contribution in [1.29, 1.82) is 0 Å². The highest BCUT2D eigenvalue weighted by Gasteiger charge is 2.16. The molecule has 0 aliphatic rings.